The lowest BCUT2D eigenvalue weighted by atomic mass is 10.2. The predicted molar refractivity (Wildman–Crippen MR) is 123 cm³/mol. The van der Waals surface area contributed by atoms with Crippen LogP contribution < -0.4 is 4.80 Å². The topological polar surface area (TPSA) is 124 Å². The van der Waals surface area contributed by atoms with Crippen molar-refractivity contribution in [3.63, 3.8) is 0 Å². The smallest absolute Gasteiger partial charge is 0.279 e. The highest BCUT2D eigenvalue weighted by Gasteiger charge is 2.27. The molecular weight excluding hydrogens is 468 g/mol. The van der Waals surface area contributed by atoms with Gasteiger partial charge in [-0.3, -0.25) is 14.9 Å². The number of hydrogen-bond acceptors (Lipinski definition) is 7. The van der Waals surface area contributed by atoms with Crippen LogP contribution in [0.4, 0.5) is 5.69 Å². The van der Waals surface area contributed by atoms with Crippen molar-refractivity contribution < 1.29 is 22.9 Å². The third kappa shape index (κ3) is 4.74. The second kappa shape index (κ2) is 9.51. The first-order chi connectivity index (χ1) is 15.8. The second-order valence-corrected chi connectivity index (χ2v) is 10.4. The molecule has 10 nitrogen and oxygen atoms in total. The molecule has 0 N–H and O–H groups in total. The van der Waals surface area contributed by atoms with Gasteiger partial charge in [0.05, 0.1) is 26.6 Å². The monoisotopic (exact) mass is 490 g/mol. The van der Waals surface area contributed by atoms with Gasteiger partial charge in [-0.25, -0.2) is 8.42 Å². The number of thiazole rings is 1. The summed E-state index contributed by atoms with van der Waals surface area (Å²) in [5.41, 5.74) is 0.911. The number of benzene rings is 2. The molecule has 12 heteroatoms. The van der Waals surface area contributed by atoms with Gasteiger partial charge in [-0.15, -0.1) is 0 Å². The van der Waals surface area contributed by atoms with E-state index in [2.05, 4.69) is 4.99 Å². The van der Waals surface area contributed by atoms with Crippen LogP contribution in [-0.2, 0) is 21.3 Å². The highest BCUT2D eigenvalue weighted by atomic mass is 32.2. The van der Waals surface area contributed by atoms with Crippen LogP contribution >= 0.6 is 11.3 Å². The van der Waals surface area contributed by atoms with E-state index < -0.39 is 20.9 Å². The largest absolute Gasteiger partial charge is 0.383 e. The van der Waals surface area contributed by atoms with Crippen LogP contribution in [0.15, 0.2) is 52.4 Å². The van der Waals surface area contributed by atoms with Crippen molar-refractivity contribution in [1.29, 1.82) is 0 Å². The zero-order chi connectivity index (χ0) is 23.6. The fourth-order valence-electron chi connectivity index (χ4n) is 3.66. The summed E-state index contributed by atoms with van der Waals surface area (Å²) in [6, 6.07) is 10.2. The molecule has 2 heterocycles. The summed E-state index contributed by atoms with van der Waals surface area (Å²) in [6.45, 7) is 1.79. The van der Waals surface area contributed by atoms with Crippen LogP contribution in [0.5, 0.6) is 0 Å². The van der Waals surface area contributed by atoms with Gasteiger partial charge in [0.15, 0.2) is 4.80 Å². The van der Waals surface area contributed by atoms with Gasteiger partial charge in [-0.2, -0.15) is 9.30 Å². The van der Waals surface area contributed by atoms with Gasteiger partial charge in [0, 0.05) is 44.4 Å². The maximum absolute atomic E-state index is 12.8. The lowest BCUT2D eigenvalue weighted by molar-refractivity contribution is -0.384. The minimum Gasteiger partial charge on any atom is -0.383 e. The van der Waals surface area contributed by atoms with E-state index in [1.807, 2.05) is 0 Å². The molecule has 1 aliphatic heterocycles. The van der Waals surface area contributed by atoms with Crippen LogP contribution in [0.3, 0.4) is 0 Å². The van der Waals surface area contributed by atoms with Crippen LogP contribution in [0.25, 0.3) is 10.2 Å². The number of carbonyl (C=O) groups excluding carboxylic acids is 1. The normalized spacial score (nSPS) is 15.4. The van der Waals surface area contributed by atoms with Crippen molar-refractivity contribution in [3.8, 4) is 0 Å². The van der Waals surface area contributed by atoms with E-state index in [1.165, 1.54) is 52.0 Å². The molecule has 2 aromatic carbocycles. The number of nitro benzene ring substituents is 1. The van der Waals surface area contributed by atoms with E-state index in [-0.39, 0.29) is 16.1 Å². The van der Waals surface area contributed by atoms with Crippen LogP contribution in [-0.4, -0.2) is 54.9 Å². The van der Waals surface area contributed by atoms with E-state index in [4.69, 9.17) is 4.74 Å². The fraction of sp³-hybridized carbons (Fsp3) is 0.333. The molecule has 4 rings (SSSR count). The number of amides is 1. The number of rotatable bonds is 7. The van der Waals surface area contributed by atoms with Crippen molar-refractivity contribution in [2.75, 3.05) is 26.8 Å². The van der Waals surface area contributed by atoms with Crippen LogP contribution in [0, 0.1) is 10.1 Å². The molecule has 0 spiro atoms. The van der Waals surface area contributed by atoms with Crippen molar-refractivity contribution in [2.24, 2.45) is 4.99 Å². The molecule has 0 aliphatic carbocycles. The highest BCUT2D eigenvalue weighted by molar-refractivity contribution is 7.89. The molecule has 1 fully saturated rings. The van der Waals surface area contributed by atoms with Crippen molar-refractivity contribution >= 4 is 43.2 Å². The van der Waals surface area contributed by atoms with Gasteiger partial charge in [-0.1, -0.05) is 11.3 Å². The number of nitro groups is 1. The van der Waals surface area contributed by atoms with E-state index in [0.717, 1.165) is 12.8 Å². The third-order valence-corrected chi connectivity index (χ3v) is 8.35. The maximum Gasteiger partial charge on any atom is 0.279 e. The predicted octanol–water partition coefficient (Wildman–Crippen LogP) is 2.78. The Bertz CT molecular complexity index is 1370. The minimum atomic E-state index is -3.57. The molecule has 0 radical (unpaired) electrons. The zero-order valence-corrected chi connectivity index (χ0v) is 19.5. The molecule has 3 aromatic rings. The molecule has 174 valence electrons. The Morgan fingerprint density at radius 2 is 1.88 bits per heavy atom. The quantitative estimate of drug-likeness (QED) is 0.371. The Labute approximate surface area is 193 Å². The maximum atomic E-state index is 12.8. The Balaban J connectivity index is 1.68. The molecule has 33 heavy (non-hydrogen) atoms. The number of hydrogen-bond donors (Lipinski definition) is 0. The minimum absolute atomic E-state index is 0.0460. The van der Waals surface area contributed by atoms with Gasteiger partial charge in [0.1, 0.15) is 0 Å². The number of aromatic nitrogens is 1. The molecule has 0 atom stereocenters. The summed E-state index contributed by atoms with van der Waals surface area (Å²) in [4.78, 5) is 28.2. The van der Waals surface area contributed by atoms with E-state index in [0.29, 0.717) is 41.3 Å². The van der Waals surface area contributed by atoms with Crippen molar-refractivity contribution in [1.82, 2.24) is 8.87 Å². The van der Waals surface area contributed by atoms with Gasteiger partial charge in [0.2, 0.25) is 10.0 Å². The summed E-state index contributed by atoms with van der Waals surface area (Å²) < 4.78 is 34.4. The van der Waals surface area contributed by atoms with Gasteiger partial charge in [0.25, 0.3) is 11.6 Å². The number of nitrogens with zero attached hydrogens (tertiary/aromatic N) is 4. The lowest BCUT2D eigenvalue weighted by Gasteiger charge is -2.15. The van der Waals surface area contributed by atoms with Crippen molar-refractivity contribution in [3.05, 3.63) is 62.9 Å². The number of ether oxygens (including phenoxy) is 1. The summed E-state index contributed by atoms with van der Waals surface area (Å²) >= 11 is 1.17. The fourth-order valence-corrected chi connectivity index (χ4v) is 6.26. The van der Waals surface area contributed by atoms with Gasteiger partial charge in [-0.05, 0) is 43.2 Å². The number of carbonyl (C=O) groups is 1. The molecule has 1 aliphatic rings. The second-order valence-electron chi connectivity index (χ2n) is 7.49. The molecule has 1 saturated heterocycles. The average molecular weight is 491 g/mol. The van der Waals surface area contributed by atoms with Crippen LogP contribution in [0.1, 0.15) is 23.2 Å². The van der Waals surface area contributed by atoms with E-state index >= 15 is 0 Å². The Hall–Kier alpha value is -2.93. The van der Waals surface area contributed by atoms with Crippen molar-refractivity contribution in [2.45, 2.75) is 24.3 Å². The first-order valence-corrected chi connectivity index (χ1v) is 12.5. The van der Waals surface area contributed by atoms with Crippen LogP contribution in [0.2, 0.25) is 0 Å². The molecule has 0 bridgehead atoms. The molecule has 0 saturated carbocycles. The SMILES string of the molecule is COCCn1c(=NC(=O)c2ccc(S(=O)(=O)N3CCCC3)cc2)sc2cc([N+](=O)[O-])ccc21. The standard InChI is InChI=1S/C21H22N4O6S2/c1-31-13-12-24-18-9-6-16(25(27)28)14-19(18)32-21(24)22-20(26)15-4-7-17(8-5-15)33(29,30)23-10-2-3-11-23/h4-9,14H,2-3,10-13H2,1H3. The number of non-ortho nitro benzene ring substituents is 1. The van der Waals surface area contributed by atoms with E-state index in [9.17, 15) is 23.3 Å². The molecule has 1 aromatic heterocycles. The summed E-state index contributed by atoms with van der Waals surface area (Å²) in [6.07, 6.45) is 1.69. The zero-order valence-electron chi connectivity index (χ0n) is 17.8. The molecule has 1 amide bonds. The highest BCUT2D eigenvalue weighted by Crippen LogP contribution is 2.24. The molecular formula is C21H22N4O6S2. The van der Waals surface area contributed by atoms with Gasteiger partial charge >= 0.3 is 0 Å². The molecule has 0 unspecified atom stereocenters. The summed E-state index contributed by atoms with van der Waals surface area (Å²) in [7, 11) is -2.01. The Kier molecular flexibility index (Phi) is 6.70. The Morgan fingerprint density at radius 1 is 1.18 bits per heavy atom. The Morgan fingerprint density at radius 3 is 2.52 bits per heavy atom. The summed E-state index contributed by atoms with van der Waals surface area (Å²) in [5.74, 6) is -0.535. The third-order valence-electron chi connectivity index (χ3n) is 5.40. The number of fused-ring (bicyclic) bond motifs is 1. The first-order valence-electron chi connectivity index (χ1n) is 10.3. The number of sulfonamides is 1. The van der Waals surface area contributed by atoms with Gasteiger partial charge < -0.3 is 9.30 Å². The first kappa shape index (κ1) is 23.2. The summed E-state index contributed by atoms with van der Waals surface area (Å²) in [5, 5.41) is 11.1. The number of methoxy groups -OCH3 is 1. The average Bonchev–Trinajstić information content (AvgIpc) is 3.46. The van der Waals surface area contributed by atoms with E-state index in [1.54, 1.807) is 17.7 Å². The lowest BCUT2D eigenvalue weighted by Crippen LogP contribution is -2.27.